The second-order valence-electron chi connectivity index (χ2n) is 7.66. The minimum absolute atomic E-state index is 0.110. The van der Waals surface area contributed by atoms with E-state index < -0.39 is 11.9 Å². The second kappa shape index (κ2) is 8.11. The number of aromatic hydroxyl groups is 1. The van der Waals surface area contributed by atoms with Crippen LogP contribution in [-0.2, 0) is 0 Å². The van der Waals surface area contributed by atoms with Crippen LogP contribution in [0.4, 0.5) is 0 Å². The number of hydrogen-bond donors (Lipinski definition) is 1. The SMILES string of the molecule is Cc1ccc(-c2cc(C(=O)N3N=C(c4cccnc4)CC3c3ccccc3O)no2)cc1. The van der Waals surface area contributed by atoms with Gasteiger partial charge in [-0.25, -0.2) is 5.01 Å². The van der Waals surface area contributed by atoms with Gasteiger partial charge in [-0.15, -0.1) is 0 Å². The van der Waals surface area contributed by atoms with E-state index in [4.69, 9.17) is 4.52 Å². The van der Waals surface area contributed by atoms with Gasteiger partial charge in [0.05, 0.1) is 11.8 Å². The first-order valence-corrected chi connectivity index (χ1v) is 10.2. The van der Waals surface area contributed by atoms with Gasteiger partial charge in [0.15, 0.2) is 11.5 Å². The Hall–Kier alpha value is -4.26. The Kier molecular flexibility index (Phi) is 4.99. The number of carbonyl (C=O) groups is 1. The fourth-order valence-electron chi connectivity index (χ4n) is 3.76. The third-order valence-electron chi connectivity index (χ3n) is 5.47. The molecule has 7 nitrogen and oxygen atoms in total. The van der Waals surface area contributed by atoms with Crippen LogP contribution < -0.4 is 0 Å². The number of pyridine rings is 1. The fraction of sp³-hybridized carbons (Fsp3) is 0.120. The number of phenolic OH excluding ortho intramolecular Hbond substituents is 1. The van der Waals surface area contributed by atoms with Crippen LogP contribution in [0.2, 0.25) is 0 Å². The molecule has 2 aromatic heterocycles. The summed E-state index contributed by atoms with van der Waals surface area (Å²) < 4.78 is 5.44. The molecule has 1 aliphatic heterocycles. The van der Waals surface area contributed by atoms with Crippen LogP contribution in [0.3, 0.4) is 0 Å². The lowest BCUT2D eigenvalue weighted by atomic mass is 9.98. The number of nitrogens with zero attached hydrogens (tertiary/aromatic N) is 4. The van der Waals surface area contributed by atoms with E-state index in [1.165, 1.54) is 5.01 Å². The maximum absolute atomic E-state index is 13.4. The van der Waals surface area contributed by atoms with Crippen molar-refractivity contribution in [3.05, 3.63) is 102 Å². The number of hydrazone groups is 1. The Bertz CT molecular complexity index is 1300. The molecule has 32 heavy (non-hydrogen) atoms. The molecule has 0 radical (unpaired) electrons. The molecule has 3 heterocycles. The number of carbonyl (C=O) groups excluding carboxylic acids is 1. The molecule has 1 aliphatic rings. The van der Waals surface area contributed by atoms with Gasteiger partial charge in [0.2, 0.25) is 0 Å². The molecule has 1 unspecified atom stereocenters. The highest BCUT2D eigenvalue weighted by molar-refractivity contribution is 6.04. The normalized spacial score (nSPS) is 15.6. The molecule has 4 aromatic rings. The van der Waals surface area contributed by atoms with Crippen molar-refractivity contribution in [2.75, 3.05) is 0 Å². The first-order valence-electron chi connectivity index (χ1n) is 10.2. The molecule has 1 N–H and O–H groups in total. The summed E-state index contributed by atoms with van der Waals surface area (Å²) in [6, 6.07) is 19.6. The van der Waals surface area contributed by atoms with E-state index in [1.54, 1.807) is 36.7 Å². The van der Waals surface area contributed by atoms with Crippen LogP contribution in [0.25, 0.3) is 11.3 Å². The lowest BCUT2D eigenvalue weighted by Gasteiger charge is -2.21. The third-order valence-corrected chi connectivity index (χ3v) is 5.47. The van der Waals surface area contributed by atoms with Crippen LogP contribution in [0.15, 0.2) is 88.7 Å². The molecule has 0 saturated heterocycles. The smallest absolute Gasteiger partial charge is 0.296 e. The van der Waals surface area contributed by atoms with E-state index >= 15 is 0 Å². The number of aryl methyl sites for hydroxylation is 1. The van der Waals surface area contributed by atoms with E-state index in [9.17, 15) is 9.90 Å². The number of amides is 1. The van der Waals surface area contributed by atoms with Crippen molar-refractivity contribution in [3.8, 4) is 17.1 Å². The average molecular weight is 424 g/mol. The summed E-state index contributed by atoms with van der Waals surface area (Å²) >= 11 is 0. The van der Waals surface area contributed by atoms with Gasteiger partial charge >= 0.3 is 0 Å². The fourth-order valence-corrected chi connectivity index (χ4v) is 3.76. The van der Waals surface area contributed by atoms with E-state index in [2.05, 4.69) is 15.2 Å². The Morgan fingerprint density at radius 1 is 1.06 bits per heavy atom. The van der Waals surface area contributed by atoms with E-state index in [0.29, 0.717) is 23.5 Å². The maximum Gasteiger partial charge on any atom is 0.296 e. The summed E-state index contributed by atoms with van der Waals surface area (Å²) in [5, 5.41) is 20.4. The largest absolute Gasteiger partial charge is 0.508 e. The summed E-state index contributed by atoms with van der Waals surface area (Å²) in [5.74, 6) is 0.209. The van der Waals surface area contributed by atoms with Gasteiger partial charge in [0.25, 0.3) is 5.91 Å². The topological polar surface area (TPSA) is 91.8 Å². The van der Waals surface area contributed by atoms with Crippen molar-refractivity contribution < 1.29 is 14.4 Å². The molecule has 158 valence electrons. The number of aromatic nitrogens is 2. The molecule has 0 fully saturated rings. The lowest BCUT2D eigenvalue weighted by Crippen LogP contribution is -2.27. The number of phenols is 1. The number of hydrogen-bond acceptors (Lipinski definition) is 6. The monoisotopic (exact) mass is 424 g/mol. The molecule has 0 aliphatic carbocycles. The molecule has 5 rings (SSSR count). The number of rotatable bonds is 4. The predicted octanol–water partition coefficient (Wildman–Crippen LogP) is 4.74. The molecule has 1 atom stereocenters. The predicted molar refractivity (Wildman–Crippen MR) is 119 cm³/mol. The van der Waals surface area contributed by atoms with E-state index in [-0.39, 0.29) is 11.4 Å². The quantitative estimate of drug-likeness (QED) is 0.511. The molecular weight excluding hydrogens is 404 g/mol. The zero-order valence-electron chi connectivity index (χ0n) is 17.3. The minimum atomic E-state index is -0.474. The molecule has 0 spiro atoms. The molecule has 7 heteroatoms. The van der Waals surface area contributed by atoms with Crippen molar-refractivity contribution >= 4 is 11.6 Å². The van der Waals surface area contributed by atoms with Gasteiger partial charge < -0.3 is 9.63 Å². The van der Waals surface area contributed by atoms with Crippen molar-refractivity contribution in [1.82, 2.24) is 15.1 Å². The maximum atomic E-state index is 13.4. The summed E-state index contributed by atoms with van der Waals surface area (Å²) in [7, 11) is 0. The van der Waals surface area contributed by atoms with Gasteiger partial charge in [0.1, 0.15) is 5.75 Å². The van der Waals surface area contributed by atoms with Gasteiger partial charge in [-0.3, -0.25) is 9.78 Å². The van der Waals surface area contributed by atoms with Crippen LogP contribution in [-0.4, -0.2) is 31.9 Å². The lowest BCUT2D eigenvalue weighted by molar-refractivity contribution is 0.0699. The Morgan fingerprint density at radius 3 is 2.62 bits per heavy atom. The summed E-state index contributed by atoms with van der Waals surface area (Å²) in [6.45, 7) is 2.00. The van der Waals surface area contributed by atoms with Crippen molar-refractivity contribution in [2.24, 2.45) is 5.10 Å². The van der Waals surface area contributed by atoms with E-state index in [0.717, 1.165) is 16.7 Å². The third kappa shape index (κ3) is 3.65. The van der Waals surface area contributed by atoms with Crippen molar-refractivity contribution in [3.63, 3.8) is 0 Å². The molecular formula is C25H20N4O3. The number of benzene rings is 2. The Labute approximate surface area is 184 Å². The highest BCUT2D eigenvalue weighted by Gasteiger charge is 2.36. The molecule has 2 aromatic carbocycles. The van der Waals surface area contributed by atoms with Gasteiger partial charge in [-0.05, 0) is 19.1 Å². The van der Waals surface area contributed by atoms with Gasteiger partial charge in [0, 0.05) is 41.6 Å². The van der Waals surface area contributed by atoms with Gasteiger partial charge in [-0.1, -0.05) is 59.3 Å². The highest BCUT2D eigenvalue weighted by atomic mass is 16.5. The van der Waals surface area contributed by atoms with Crippen LogP contribution in [0, 0.1) is 6.92 Å². The highest BCUT2D eigenvalue weighted by Crippen LogP contribution is 2.37. The Balaban J connectivity index is 1.51. The van der Waals surface area contributed by atoms with Crippen LogP contribution >= 0.6 is 0 Å². The Morgan fingerprint density at radius 2 is 1.88 bits per heavy atom. The average Bonchev–Trinajstić information content (AvgIpc) is 3.48. The standard InChI is InChI=1S/C25H20N4O3/c1-16-8-10-17(11-9-16)24-14-21(28-32-24)25(31)29-22(19-6-2-3-7-23(19)30)13-20(27-29)18-5-4-12-26-15-18/h2-12,14-15,22,30H,13H2,1H3. The first-order chi connectivity index (χ1) is 15.6. The minimum Gasteiger partial charge on any atom is -0.508 e. The molecule has 1 amide bonds. The zero-order chi connectivity index (χ0) is 22.1. The summed E-state index contributed by atoms with van der Waals surface area (Å²) in [5.41, 5.74) is 4.26. The molecule has 0 bridgehead atoms. The first kappa shape index (κ1) is 19.7. The van der Waals surface area contributed by atoms with Crippen molar-refractivity contribution in [1.29, 1.82) is 0 Å². The number of para-hydroxylation sites is 1. The van der Waals surface area contributed by atoms with Crippen LogP contribution in [0.5, 0.6) is 5.75 Å². The van der Waals surface area contributed by atoms with E-state index in [1.807, 2.05) is 49.4 Å². The summed E-state index contributed by atoms with van der Waals surface area (Å²) in [6.07, 6.45) is 3.84. The second-order valence-corrected chi connectivity index (χ2v) is 7.66. The van der Waals surface area contributed by atoms with Crippen LogP contribution in [0.1, 0.15) is 39.6 Å². The van der Waals surface area contributed by atoms with Crippen molar-refractivity contribution in [2.45, 2.75) is 19.4 Å². The zero-order valence-corrected chi connectivity index (χ0v) is 17.3. The summed E-state index contributed by atoms with van der Waals surface area (Å²) in [4.78, 5) is 17.6. The molecule has 0 saturated carbocycles. The van der Waals surface area contributed by atoms with Gasteiger partial charge in [-0.2, -0.15) is 5.10 Å².